The molecular weight excluding hydrogens is 583 g/mol. The molecule has 6 nitrogen and oxygen atoms in total. The molecule has 3 atom stereocenters. The molecule has 1 N–H and O–H groups in total. The van der Waals surface area contributed by atoms with Crippen LogP contribution in [-0.4, -0.2) is 46.0 Å². The number of H-pyrrole nitrogens is 1. The van der Waals surface area contributed by atoms with Gasteiger partial charge >= 0.3 is 243 Å². The zero-order chi connectivity index (χ0) is 28.3. The van der Waals surface area contributed by atoms with Gasteiger partial charge in [-0.15, -0.1) is 0 Å². The molecule has 1 aliphatic rings. The molecule has 0 radical (unpaired) electrons. The van der Waals surface area contributed by atoms with E-state index < -0.39 is 20.2 Å². The maximum absolute atomic E-state index is 12.9. The van der Waals surface area contributed by atoms with Gasteiger partial charge < -0.3 is 0 Å². The third-order valence-corrected chi connectivity index (χ3v) is 15.6. The number of hydrogen-bond acceptors (Lipinski definition) is 4. The maximum atomic E-state index is 12.9. The van der Waals surface area contributed by atoms with Crippen LogP contribution in [0.25, 0.3) is 0 Å². The van der Waals surface area contributed by atoms with Crippen LogP contribution in [0.1, 0.15) is 32.6 Å². The van der Waals surface area contributed by atoms with E-state index in [0.717, 1.165) is 0 Å². The Morgan fingerprint density at radius 1 is 0.925 bits per heavy atom. The first kappa shape index (κ1) is 28.5. The van der Waals surface area contributed by atoms with Crippen LogP contribution in [-0.2, 0) is 9.16 Å². The Morgan fingerprint density at radius 3 is 2.02 bits per heavy atom. The number of benzene rings is 3. The van der Waals surface area contributed by atoms with Crippen molar-refractivity contribution in [1.82, 2.24) is 9.55 Å². The summed E-state index contributed by atoms with van der Waals surface area (Å²) in [5, 5.41) is 2.34. The van der Waals surface area contributed by atoms with E-state index in [4.69, 9.17) is 9.16 Å². The summed E-state index contributed by atoms with van der Waals surface area (Å²) in [4.78, 5) is 27.5. The van der Waals surface area contributed by atoms with E-state index in [-0.39, 0.29) is 36.3 Å². The Balaban J connectivity index is 1.54. The molecule has 0 bridgehead atoms. The van der Waals surface area contributed by atoms with Gasteiger partial charge in [0.1, 0.15) is 0 Å². The summed E-state index contributed by atoms with van der Waals surface area (Å²) in [6.45, 7) is 9.54. The van der Waals surface area contributed by atoms with E-state index >= 15 is 0 Å². The zero-order valence-corrected chi connectivity index (χ0v) is 26.1. The molecular formula is C32H36N2O4SeSi. The molecule has 2 heterocycles. The fourth-order valence-electron chi connectivity index (χ4n) is 5.61. The van der Waals surface area contributed by atoms with E-state index in [0.29, 0.717) is 18.8 Å². The molecule has 0 spiro atoms. The van der Waals surface area contributed by atoms with Crippen LogP contribution >= 0.6 is 0 Å². The number of ether oxygens (including phenoxy) is 1. The fraction of sp³-hybridized carbons (Fsp3) is 0.312. The van der Waals surface area contributed by atoms with Crippen LogP contribution in [0, 0.1) is 12.8 Å². The first-order valence-electron chi connectivity index (χ1n) is 13.6. The van der Waals surface area contributed by atoms with E-state index in [1.807, 2.05) is 30.3 Å². The Bertz CT molecular complexity index is 1500. The number of nitrogens with one attached hydrogen (secondary N) is 1. The first-order valence-corrected chi connectivity index (χ1v) is 17.4. The molecule has 1 aromatic heterocycles. The average Bonchev–Trinajstić information content (AvgIpc) is 3.34. The Kier molecular flexibility index (Phi) is 8.45. The minimum absolute atomic E-state index is 0.00533. The van der Waals surface area contributed by atoms with Gasteiger partial charge in [-0.25, -0.2) is 0 Å². The summed E-state index contributed by atoms with van der Waals surface area (Å²) in [5.41, 5.74) is -0.319. The summed E-state index contributed by atoms with van der Waals surface area (Å²) in [6, 6.07) is 31.7. The molecule has 1 fully saturated rings. The topological polar surface area (TPSA) is 73.3 Å². The predicted octanol–water partition coefficient (Wildman–Crippen LogP) is 3.38. The van der Waals surface area contributed by atoms with Gasteiger partial charge in [0.25, 0.3) is 0 Å². The molecule has 1 saturated heterocycles. The third kappa shape index (κ3) is 5.60. The number of aryl methyl sites for hydroxylation is 1. The van der Waals surface area contributed by atoms with Crippen molar-refractivity contribution >= 4 is 38.1 Å². The van der Waals surface area contributed by atoms with Gasteiger partial charge in [0, 0.05) is 0 Å². The second-order valence-corrected chi connectivity index (χ2v) is 18.3. The predicted molar refractivity (Wildman–Crippen MR) is 164 cm³/mol. The monoisotopic (exact) mass is 620 g/mol. The molecule has 0 saturated carbocycles. The molecule has 0 amide bonds. The number of aromatic amines is 1. The Labute approximate surface area is 242 Å². The standard InChI is InChI=1S/C32H36N2O4SeSi/c1-23-20-34(31(36)33-29(23)35)30-28(39-25-14-8-5-9-15-25)24(21-37-30)22-38-40(32(2,3)4,26-16-10-6-11-17-26)27-18-12-7-13-19-27/h5-20,24,28,30H,21-22H2,1-4H3,(H,33,35,36)/t24-,28-,30?/m1/s1. The normalized spacial score (nSPS) is 19.6. The molecule has 1 aliphatic heterocycles. The summed E-state index contributed by atoms with van der Waals surface area (Å²) < 4.78 is 16.5. The van der Waals surface area contributed by atoms with E-state index in [2.05, 4.69) is 86.4 Å². The van der Waals surface area contributed by atoms with Crippen LogP contribution in [0.3, 0.4) is 0 Å². The first-order chi connectivity index (χ1) is 19.2. The summed E-state index contributed by atoms with van der Waals surface area (Å²) in [5.74, 6) is 0.0750. The fourth-order valence-corrected chi connectivity index (χ4v) is 13.0. The van der Waals surface area contributed by atoms with Gasteiger partial charge in [0.05, 0.1) is 0 Å². The molecule has 0 aliphatic carbocycles. The zero-order valence-electron chi connectivity index (χ0n) is 23.4. The van der Waals surface area contributed by atoms with Crippen molar-refractivity contribution in [1.29, 1.82) is 0 Å². The van der Waals surface area contributed by atoms with Gasteiger partial charge in [-0.05, 0) is 0 Å². The SMILES string of the molecule is Cc1cn(C2OC[C@H](CO[Si](c3ccccc3)(c3ccccc3)C(C)(C)C)[C@H]2[Se]c2ccccc2)c(=O)[nH]c1=O. The second-order valence-electron chi connectivity index (χ2n) is 11.3. The number of aromatic nitrogens is 2. The van der Waals surface area contributed by atoms with Gasteiger partial charge in [0.15, 0.2) is 0 Å². The molecule has 1 unspecified atom stereocenters. The second kappa shape index (κ2) is 11.8. The van der Waals surface area contributed by atoms with Crippen molar-refractivity contribution in [2.24, 2.45) is 5.92 Å². The van der Waals surface area contributed by atoms with E-state index in [9.17, 15) is 9.59 Å². The third-order valence-electron chi connectivity index (χ3n) is 7.59. The van der Waals surface area contributed by atoms with Crippen LogP contribution in [0.4, 0.5) is 0 Å². The molecule has 40 heavy (non-hydrogen) atoms. The molecule has 3 aromatic carbocycles. The van der Waals surface area contributed by atoms with Gasteiger partial charge in [-0.1, -0.05) is 0 Å². The quantitative estimate of drug-likeness (QED) is 0.307. The summed E-state index contributed by atoms with van der Waals surface area (Å²) >= 11 is 0.00533. The van der Waals surface area contributed by atoms with Crippen molar-refractivity contribution in [3.63, 3.8) is 0 Å². The number of nitrogens with zero attached hydrogens (tertiary/aromatic N) is 1. The molecule has 4 aromatic rings. The Hall–Kier alpha value is -3.00. The molecule has 208 valence electrons. The summed E-state index contributed by atoms with van der Waals surface area (Å²) in [6.07, 6.45) is 1.15. The molecule has 5 rings (SSSR count). The van der Waals surface area contributed by atoms with Crippen LogP contribution < -0.4 is 26.1 Å². The number of rotatable bonds is 8. The van der Waals surface area contributed by atoms with E-state index in [1.54, 1.807) is 17.7 Å². The van der Waals surface area contributed by atoms with E-state index in [1.165, 1.54) is 14.8 Å². The Morgan fingerprint density at radius 2 is 1.48 bits per heavy atom. The van der Waals surface area contributed by atoms with Crippen LogP contribution in [0.5, 0.6) is 0 Å². The van der Waals surface area contributed by atoms with Gasteiger partial charge in [-0.2, -0.15) is 0 Å². The van der Waals surface area contributed by atoms with Crippen molar-refractivity contribution in [2.75, 3.05) is 13.2 Å². The van der Waals surface area contributed by atoms with Crippen molar-refractivity contribution < 1.29 is 9.16 Å². The minimum atomic E-state index is -2.73. The average molecular weight is 620 g/mol. The van der Waals surface area contributed by atoms with Gasteiger partial charge in [-0.3, -0.25) is 0 Å². The van der Waals surface area contributed by atoms with Gasteiger partial charge in [0.2, 0.25) is 0 Å². The van der Waals surface area contributed by atoms with Crippen LogP contribution in [0.2, 0.25) is 9.85 Å². The van der Waals surface area contributed by atoms with Crippen LogP contribution in [0.15, 0.2) is 107 Å². The van der Waals surface area contributed by atoms with Crippen molar-refractivity contribution in [3.8, 4) is 0 Å². The molecule has 8 heteroatoms. The summed E-state index contributed by atoms with van der Waals surface area (Å²) in [7, 11) is -2.73. The number of hydrogen-bond donors (Lipinski definition) is 1. The van der Waals surface area contributed by atoms with Crippen molar-refractivity contribution in [3.05, 3.63) is 124 Å². The van der Waals surface area contributed by atoms with Crippen molar-refractivity contribution in [2.45, 2.75) is 43.8 Å².